The summed E-state index contributed by atoms with van der Waals surface area (Å²) in [5.41, 5.74) is 15.9. The zero-order valence-corrected chi connectivity index (χ0v) is 68.2. The molecule has 0 atom stereocenters. The molecule has 0 aromatic heterocycles. The van der Waals surface area contributed by atoms with Crippen LogP contribution < -0.4 is 0 Å². The van der Waals surface area contributed by atoms with Crippen molar-refractivity contribution >= 4 is 0 Å². The van der Waals surface area contributed by atoms with Gasteiger partial charge in [-0.05, 0) is 182 Å². The van der Waals surface area contributed by atoms with Gasteiger partial charge in [0.05, 0.1) is 0 Å². The minimum absolute atomic E-state index is 0. The molecule has 0 bridgehead atoms. The zero-order chi connectivity index (χ0) is 68.1. The van der Waals surface area contributed by atoms with E-state index in [1.165, 1.54) is 44.5 Å². The number of rotatable bonds is 6. The van der Waals surface area contributed by atoms with Gasteiger partial charge in [0.1, 0.15) is 0 Å². The van der Waals surface area contributed by atoms with Crippen LogP contribution in [-0.4, -0.2) is 154 Å². The molecule has 0 saturated carbocycles. The summed E-state index contributed by atoms with van der Waals surface area (Å²) in [7, 11) is 28.4. The van der Waals surface area contributed by atoms with Gasteiger partial charge in [-0.15, -0.1) is 24.3 Å². The summed E-state index contributed by atoms with van der Waals surface area (Å²) in [6, 6.07) is 78.9. The molecule has 0 aliphatic heterocycles. The Morgan fingerprint density at radius 2 is 0.378 bits per heavy atom. The molecular formula is C82H128N6Y2-4. The van der Waals surface area contributed by atoms with Crippen LogP contribution in [0.3, 0.4) is 0 Å². The van der Waals surface area contributed by atoms with Crippen molar-refractivity contribution in [3.63, 3.8) is 0 Å². The Labute approximate surface area is 609 Å². The summed E-state index contributed by atoms with van der Waals surface area (Å²) in [4.78, 5) is 12.5. The van der Waals surface area contributed by atoms with E-state index in [0.29, 0.717) is 0 Å². The molecule has 0 unspecified atom stereocenters. The molecule has 2 aliphatic carbocycles. The van der Waals surface area contributed by atoms with E-state index in [2.05, 4.69) is 225 Å². The van der Waals surface area contributed by atoms with Crippen molar-refractivity contribution in [3.8, 4) is 44.5 Å². The maximum atomic E-state index is 3.15. The fourth-order valence-electron chi connectivity index (χ4n) is 6.40. The second-order valence-electron chi connectivity index (χ2n) is 20.4. The molecule has 496 valence electrons. The maximum Gasteiger partial charge on any atom is 0 e. The molecule has 10 rings (SSSR count). The van der Waals surface area contributed by atoms with Crippen molar-refractivity contribution in [2.75, 3.05) is 125 Å². The molecule has 0 amide bonds. The Morgan fingerprint density at radius 3 is 0.500 bits per heavy atom. The summed E-state index contributed by atoms with van der Waals surface area (Å²) in [6.07, 6.45) is 2.21. The Hall–Kier alpha value is -4.27. The van der Waals surface area contributed by atoms with Gasteiger partial charge in [-0.1, -0.05) is 194 Å². The number of fused-ring (bicyclic) bond motifs is 6. The number of hydrogen-bond donors (Lipinski definition) is 0. The summed E-state index contributed by atoms with van der Waals surface area (Å²) >= 11 is 0. The van der Waals surface area contributed by atoms with E-state index < -0.39 is 0 Å². The van der Waals surface area contributed by atoms with Crippen LogP contribution in [-0.2, 0) is 78.3 Å². The average molecular weight is 1380 g/mol. The van der Waals surface area contributed by atoms with Crippen molar-refractivity contribution in [1.29, 1.82) is 0 Å². The molecule has 0 spiro atoms. The third-order valence-corrected chi connectivity index (χ3v) is 11.4. The molecule has 2 radical (unpaired) electrons. The molecule has 8 aromatic carbocycles. The fourth-order valence-corrected chi connectivity index (χ4v) is 6.40. The first kappa shape index (κ1) is 99.3. The van der Waals surface area contributed by atoms with Gasteiger partial charge < -0.3 is 29.4 Å². The first-order valence-corrected chi connectivity index (χ1v) is 32.4. The molecule has 0 saturated heterocycles. The van der Waals surface area contributed by atoms with Gasteiger partial charge in [0.2, 0.25) is 0 Å². The van der Waals surface area contributed by atoms with Crippen molar-refractivity contribution < 1.29 is 65.4 Å². The summed E-state index contributed by atoms with van der Waals surface area (Å²) in [5.74, 6) is 0. The maximum absolute atomic E-state index is 3.15. The predicted molar refractivity (Wildman–Crippen MR) is 401 cm³/mol. The van der Waals surface area contributed by atoms with Crippen LogP contribution in [0.15, 0.2) is 194 Å². The number of hydrogen-bond acceptors (Lipinski definition) is 6. The summed E-state index contributed by atoms with van der Waals surface area (Å²) in [6.45, 7) is 33.1. The molecule has 8 heteroatoms. The SMILES string of the molecule is CC.CC.CC.CC.CC.CCN(C)C.CCN(C)C.CCN(C)C.CCN(C)C.CN(C)C.CN(C)C.[Y].[Y].[c-]1ccccc1-c1[c-]cccc1.[c-]1ccccc1-c1[c-]cccc1.c1ccc2c(c1)Cc1ccccc1-2.c1ccc2c(c1)Cc1ccccc1-2. The van der Waals surface area contributed by atoms with Gasteiger partial charge in [-0.25, -0.2) is 22.3 Å². The Balaban J connectivity index is -0.000000172. The second kappa shape index (κ2) is 70.6. The van der Waals surface area contributed by atoms with Gasteiger partial charge >= 0.3 is 0 Å². The van der Waals surface area contributed by atoms with E-state index in [9.17, 15) is 0 Å². The standard InChI is InChI=1S/2C13H10.2C12H8.4C4H11N.2C3H9N.5C2H6.2Y/c2*1-3-7-12-10(5-1)9-11-6-2-4-8-13(11)12;2*1-3-7-11(8-4-1)12-9-5-2-6-10-12;4*1-4-5(2)3;2*1-4(2)3;5*1-2;;/h2*1-8H,9H2;2*1-7,9H;4*4H2,1-3H3;2*1-3H3;5*1-2H3;;/q;;2*-2;;;;;;;;;;;;;. The molecule has 8 aromatic rings. The van der Waals surface area contributed by atoms with Crippen molar-refractivity contribution in [2.24, 2.45) is 0 Å². The number of benzene rings is 8. The van der Waals surface area contributed by atoms with Crippen molar-refractivity contribution in [3.05, 3.63) is 241 Å². The third kappa shape index (κ3) is 53.3. The minimum Gasteiger partial charge on any atom is -0.312 e. The van der Waals surface area contributed by atoms with Crippen molar-refractivity contribution in [1.82, 2.24) is 29.4 Å². The summed E-state index contributed by atoms with van der Waals surface area (Å²) < 4.78 is 0. The Bertz CT molecular complexity index is 2290. The van der Waals surface area contributed by atoms with Gasteiger partial charge in [-0.2, -0.15) is 97.1 Å². The smallest absolute Gasteiger partial charge is 0 e. The Morgan fingerprint density at radius 1 is 0.244 bits per heavy atom. The van der Waals surface area contributed by atoms with Crippen molar-refractivity contribution in [2.45, 2.75) is 110 Å². The van der Waals surface area contributed by atoms with E-state index in [0.717, 1.165) is 61.3 Å². The van der Waals surface area contributed by atoms with Crippen LogP contribution in [0, 0.1) is 24.3 Å². The van der Waals surface area contributed by atoms with Gasteiger partial charge in [0.15, 0.2) is 0 Å². The zero-order valence-electron chi connectivity index (χ0n) is 62.6. The van der Waals surface area contributed by atoms with Crippen LogP contribution in [0.1, 0.15) is 119 Å². The normalized spacial score (nSPS) is 9.40. The second-order valence-corrected chi connectivity index (χ2v) is 20.4. The first-order chi connectivity index (χ1) is 42.4. The number of nitrogens with zero attached hydrogens (tertiary/aromatic N) is 6. The molecule has 0 heterocycles. The molecule has 90 heavy (non-hydrogen) atoms. The minimum atomic E-state index is 0. The van der Waals surface area contributed by atoms with Crippen LogP contribution >= 0.6 is 0 Å². The van der Waals surface area contributed by atoms with Crippen LogP contribution in [0.4, 0.5) is 0 Å². The first-order valence-electron chi connectivity index (χ1n) is 32.4. The fraction of sp³-hybridized carbons (Fsp3) is 0.415. The Kier molecular flexibility index (Phi) is 77.9. The van der Waals surface area contributed by atoms with Gasteiger partial charge in [0.25, 0.3) is 0 Å². The van der Waals surface area contributed by atoms with E-state index in [1.807, 2.05) is 218 Å². The molecule has 0 N–H and O–H groups in total. The average Bonchev–Trinajstić information content (AvgIpc) is 1.72. The topological polar surface area (TPSA) is 19.4 Å². The van der Waals surface area contributed by atoms with Crippen LogP contribution in [0.25, 0.3) is 44.5 Å². The monoisotopic (exact) mass is 1370 g/mol. The quantitative estimate of drug-likeness (QED) is 0.153. The molecule has 0 fully saturated rings. The molecule has 6 nitrogen and oxygen atoms in total. The van der Waals surface area contributed by atoms with Gasteiger partial charge in [-0.3, -0.25) is 0 Å². The van der Waals surface area contributed by atoms with E-state index in [1.54, 1.807) is 0 Å². The van der Waals surface area contributed by atoms with Crippen LogP contribution in [0.5, 0.6) is 0 Å². The van der Waals surface area contributed by atoms with E-state index in [-0.39, 0.29) is 65.4 Å². The third-order valence-electron chi connectivity index (χ3n) is 11.4. The molecular weight excluding hydrogens is 1250 g/mol. The van der Waals surface area contributed by atoms with E-state index >= 15 is 0 Å². The van der Waals surface area contributed by atoms with Crippen LogP contribution in [0.2, 0.25) is 0 Å². The van der Waals surface area contributed by atoms with E-state index in [4.69, 9.17) is 0 Å². The molecule has 2 aliphatic rings. The largest absolute Gasteiger partial charge is 0.312 e. The summed E-state index contributed by atoms with van der Waals surface area (Å²) in [5, 5.41) is 0. The van der Waals surface area contributed by atoms with Gasteiger partial charge in [0, 0.05) is 65.4 Å². The predicted octanol–water partition coefficient (Wildman–Crippen LogP) is 20.2.